The highest BCUT2D eigenvalue weighted by Gasteiger charge is 2.38. The zero-order chi connectivity index (χ0) is 18.8. The molecule has 0 unspecified atom stereocenters. The molecule has 7 heteroatoms. The summed E-state index contributed by atoms with van der Waals surface area (Å²) in [5.41, 5.74) is 0.676. The summed E-state index contributed by atoms with van der Waals surface area (Å²) in [6, 6.07) is 2.58. The van der Waals surface area contributed by atoms with E-state index in [-0.39, 0.29) is 35.1 Å². The number of methoxy groups -OCH3 is 1. The lowest BCUT2D eigenvalue weighted by Gasteiger charge is -2.13. The number of halogens is 1. The molecule has 1 aliphatic rings. The van der Waals surface area contributed by atoms with Gasteiger partial charge in [-0.15, -0.1) is 0 Å². The Hall–Kier alpha value is -2.70. The molecular weight excluding hydrogens is 341 g/mol. The van der Waals surface area contributed by atoms with E-state index < -0.39 is 17.6 Å². The molecule has 1 heterocycles. The molecule has 1 aliphatic carbocycles. The molecule has 0 atom stereocenters. The highest BCUT2D eigenvalue weighted by Crippen LogP contribution is 2.43. The second kappa shape index (κ2) is 7.27. The van der Waals surface area contributed by atoms with Crippen LogP contribution in [0.4, 0.5) is 4.39 Å². The quantitative estimate of drug-likeness (QED) is 0.553. The van der Waals surface area contributed by atoms with E-state index >= 15 is 0 Å². The van der Waals surface area contributed by atoms with Gasteiger partial charge in [-0.1, -0.05) is 12.1 Å². The number of carbonyl (C=O) groups is 2. The molecule has 0 amide bonds. The van der Waals surface area contributed by atoms with Gasteiger partial charge >= 0.3 is 5.97 Å². The molecule has 1 fully saturated rings. The Labute approximate surface area is 150 Å². The molecule has 0 saturated heterocycles. The molecule has 6 nitrogen and oxygen atoms in total. The van der Waals surface area contributed by atoms with Gasteiger partial charge in [-0.25, -0.2) is 9.18 Å². The van der Waals surface area contributed by atoms with Gasteiger partial charge in [0, 0.05) is 17.0 Å². The van der Waals surface area contributed by atoms with Crippen LogP contribution in [0.25, 0.3) is 0 Å². The number of ether oxygens (including phenoxy) is 2. The minimum absolute atomic E-state index is 0.0282. The molecular formula is C19H20FNO5. The van der Waals surface area contributed by atoms with Crippen LogP contribution >= 0.6 is 0 Å². The Morgan fingerprint density at radius 3 is 2.62 bits per heavy atom. The van der Waals surface area contributed by atoms with E-state index in [0.717, 1.165) is 12.8 Å². The van der Waals surface area contributed by atoms with Crippen LogP contribution < -0.4 is 4.74 Å². The van der Waals surface area contributed by atoms with Crippen molar-refractivity contribution in [2.45, 2.75) is 39.0 Å². The fraction of sp³-hybridized carbons (Fsp3) is 0.421. The summed E-state index contributed by atoms with van der Waals surface area (Å²) in [5.74, 6) is -1.20. The first-order valence-corrected chi connectivity index (χ1v) is 8.60. The van der Waals surface area contributed by atoms with Gasteiger partial charge in [0.15, 0.2) is 23.1 Å². The van der Waals surface area contributed by atoms with Crippen LogP contribution in [0, 0.1) is 5.82 Å². The van der Waals surface area contributed by atoms with Crippen LogP contribution in [0.15, 0.2) is 16.7 Å². The predicted octanol–water partition coefficient (Wildman–Crippen LogP) is 3.67. The number of nitrogens with zero attached hydrogens (tertiary/aromatic N) is 1. The first-order valence-electron chi connectivity index (χ1n) is 8.60. The Morgan fingerprint density at radius 1 is 1.31 bits per heavy atom. The largest absolute Gasteiger partial charge is 0.493 e. The normalized spacial score (nSPS) is 13.5. The van der Waals surface area contributed by atoms with Gasteiger partial charge in [0.05, 0.1) is 13.7 Å². The molecule has 0 bridgehead atoms. The fourth-order valence-electron chi connectivity index (χ4n) is 3.00. The minimum Gasteiger partial charge on any atom is -0.493 e. The molecule has 2 aromatic rings. The van der Waals surface area contributed by atoms with Crippen molar-refractivity contribution in [2.24, 2.45) is 0 Å². The van der Waals surface area contributed by atoms with Gasteiger partial charge < -0.3 is 14.0 Å². The Morgan fingerprint density at radius 2 is 2.04 bits per heavy atom. The summed E-state index contributed by atoms with van der Waals surface area (Å²) in [5, 5.41) is 3.78. The highest BCUT2D eigenvalue weighted by molar-refractivity contribution is 6.15. The SMILES string of the molecule is CCOC(=O)c1noc(C2CC2)c1C(=O)c1ccc(F)c(OC)c1CC. The van der Waals surface area contributed by atoms with Gasteiger partial charge in [0.25, 0.3) is 0 Å². The lowest BCUT2D eigenvalue weighted by atomic mass is 9.94. The van der Waals surface area contributed by atoms with Crippen molar-refractivity contribution >= 4 is 11.8 Å². The third kappa shape index (κ3) is 3.09. The van der Waals surface area contributed by atoms with E-state index in [1.165, 1.54) is 19.2 Å². The topological polar surface area (TPSA) is 78.6 Å². The molecule has 138 valence electrons. The van der Waals surface area contributed by atoms with Crippen molar-refractivity contribution in [3.8, 4) is 5.75 Å². The lowest BCUT2D eigenvalue weighted by molar-refractivity contribution is 0.0512. The van der Waals surface area contributed by atoms with E-state index in [1.54, 1.807) is 13.8 Å². The third-order valence-electron chi connectivity index (χ3n) is 4.38. The fourth-order valence-corrected chi connectivity index (χ4v) is 3.00. The molecule has 0 N–H and O–H groups in total. The molecule has 0 radical (unpaired) electrons. The van der Waals surface area contributed by atoms with Crippen LogP contribution in [0.2, 0.25) is 0 Å². The molecule has 1 aromatic heterocycles. The van der Waals surface area contributed by atoms with Crippen LogP contribution in [0.3, 0.4) is 0 Å². The van der Waals surface area contributed by atoms with Crippen LogP contribution in [-0.4, -0.2) is 30.6 Å². The summed E-state index contributed by atoms with van der Waals surface area (Å²) >= 11 is 0. The maximum Gasteiger partial charge on any atom is 0.361 e. The number of ketones is 1. The summed E-state index contributed by atoms with van der Waals surface area (Å²) in [6.07, 6.45) is 2.12. The number of aromatic nitrogens is 1. The monoisotopic (exact) mass is 361 g/mol. The average molecular weight is 361 g/mol. The summed E-state index contributed by atoms with van der Waals surface area (Å²) < 4.78 is 29.4. The van der Waals surface area contributed by atoms with Gasteiger partial charge in [-0.3, -0.25) is 4.79 Å². The van der Waals surface area contributed by atoms with Crippen molar-refractivity contribution in [1.82, 2.24) is 5.16 Å². The van der Waals surface area contributed by atoms with Gasteiger partial charge in [-0.05, 0) is 38.3 Å². The van der Waals surface area contributed by atoms with E-state index in [9.17, 15) is 14.0 Å². The third-order valence-corrected chi connectivity index (χ3v) is 4.38. The number of hydrogen-bond acceptors (Lipinski definition) is 6. The van der Waals surface area contributed by atoms with E-state index in [1.807, 2.05) is 0 Å². The van der Waals surface area contributed by atoms with Crippen molar-refractivity contribution < 1.29 is 28.0 Å². The Bertz CT molecular complexity index is 854. The molecule has 26 heavy (non-hydrogen) atoms. The van der Waals surface area contributed by atoms with Gasteiger partial charge in [-0.2, -0.15) is 0 Å². The van der Waals surface area contributed by atoms with Crippen molar-refractivity contribution in [2.75, 3.05) is 13.7 Å². The van der Waals surface area contributed by atoms with Gasteiger partial charge in [0.1, 0.15) is 5.56 Å². The zero-order valence-corrected chi connectivity index (χ0v) is 14.9. The van der Waals surface area contributed by atoms with Crippen LogP contribution in [0.1, 0.15) is 70.3 Å². The maximum atomic E-state index is 14.0. The molecule has 0 spiro atoms. The van der Waals surface area contributed by atoms with Crippen LogP contribution in [-0.2, 0) is 11.2 Å². The standard InChI is InChI=1S/C19H20FNO5/c1-4-11-12(8-9-13(20)18(11)24-3)16(22)14-15(19(23)25-5-2)21-26-17(14)10-6-7-10/h8-10H,4-7H2,1-3H3. The lowest BCUT2D eigenvalue weighted by Crippen LogP contribution is -2.15. The van der Waals surface area contributed by atoms with E-state index in [2.05, 4.69) is 5.16 Å². The molecule has 0 aliphatic heterocycles. The number of benzene rings is 1. The van der Waals surface area contributed by atoms with E-state index in [4.69, 9.17) is 14.0 Å². The Kier molecular flexibility index (Phi) is 5.06. The number of rotatable bonds is 7. The van der Waals surface area contributed by atoms with Crippen molar-refractivity contribution in [1.29, 1.82) is 0 Å². The highest BCUT2D eigenvalue weighted by atomic mass is 19.1. The molecule has 1 saturated carbocycles. The Balaban J connectivity index is 2.13. The first kappa shape index (κ1) is 18.1. The number of carbonyl (C=O) groups excluding carboxylic acids is 2. The predicted molar refractivity (Wildman–Crippen MR) is 90.2 cm³/mol. The minimum atomic E-state index is -0.710. The summed E-state index contributed by atoms with van der Waals surface area (Å²) in [4.78, 5) is 25.5. The summed E-state index contributed by atoms with van der Waals surface area (Å²) in [6.45, 7) is 3.62. The van der Waals surface area contributed by atoms with Gasteiger partial charge in [0.2, 0.25) is 5.69 Å². The van der Waals surface area contributed by atoms with E-state index in [0.29, 0.717) is 17.7 Å². The number of hydrogen-bond donors (Lipinski definition) is 0. The zero-order valence-electron chi connectivity index (χ0n) is 14.9. The van der Waals surface area contributed by atoms with Crippen molar-refractivity contribution in [3.63, 3.8) is 0 Å². The average Bonchev–Trinajstić information content (AvgIpc) is 3.38. The molecule has 1 aromatic carbocycles. The summed E-state index contributed by atoms with van der Waals surface area (Å²) in [7, 11) is 1.35. The smallest absolute Gasteiger partial charge is 0.361 e. The number of esters is 1. The second-order valence-corrected chi connectivity index (χ2v) is 6.05. The van der Waals surface area contributed by atoms with Crippen LogP contribution in [0.5, 0.6) is 5.75 Å². The van der Waals surface area contributed by atoms with Crippen molar-refractivity contribution in [3.05, 3.63) is 46.1 Å². The first-order chi connectivity index (χ1) is 12.5. The second-order valence-electron chi connectivity index (χ2n) is 6.05. The maximum absolute atomic E-state index is 14.0. The molecule has 3 rings (SSSR count).